The molecule has 0 aromatic heterocycles. The molecule has 0 aromatic carbocycles. The summed E-state index contributed by atoms with van der Waals surface area (Å²) in [7, 11) is 0. The lowest BCUT2D eigenvalue weighted by Gasteiger charge is -2.30. The zero-order chi connectivity index (χ0) is 12.4. The highest BCUT2D eigenvalue weighted by atomic mass is 16.8. The van der Waals surface area contributed by atoms with Crippen LogP contribution in [0.2, 0.25) is 0 Å². The van der Waals surface area contributed by atoms with E-state index in [4.69, 9.17) is 14.2 Å². The molecule has 4 nitrogen and oxygen atoms in total. The molecule has 0 N–H and O–H groups in total. The largest absolute Gasteiger partial charge is 0.370 e. The van der Waals surface area contributed by atoms with Crippen LogP contribution >= 0.6 is 0 Å². The van der Waals surface area contributed by atoms with E-state index in [1.54, 1.807) is 6.92 Å². The van der Waals surface area contributed by atoms with Gasteiger partial charge in [0.25, 0.3) is 0 Å². The quantitative estimate of drug-likeness (QED) is 0.545. The first-order chi connectivity index (χ1) is 7.60. The van der Waals surface area contributed by atoms with Gasteiger partial charge in [-0.15, -0.1) is 0 Å². The molecule has 0 saturated heterocycles. The van der Waals surface area contributed by atoms with Crippen molar-refractivity contribution in [3.8, 4) is 0 Å². The Morgan fingerprint density at radius 1 is 0.938 bits per heavy atom. The van der Waals surface area contributed by atoms with Gasteiger partial charge < -0.3 is 14.2 Å². The molecule has 1 unspecified atom stereocenters. The van der Waals surface area contributed by atoms with Crippen molar-refractivity contribution in [1.82, 2.24) is 0 Å². The van der Waals surface area contributed by atoms with E-state index in [-0.39, 0.29) is 0 Å². The number of hydrogen-bond acceptors (Lipinski definition) is 3. The zero-order valence-corrected chi connectivity index (χ0v) is 11.0. The van der Waals surface area contributed by atoms with Crippen molar-refractivity contribution >= 4 is 0 Å². The molecule has 4 heteroatoms. The first-order valence-electron chi connectivity index (χ1n) is 6.20. The number of rotatable bonds is 10. The van der Waals surface area contributed by atoms with Gasteiger partial charge in [0.15, 0.2) is 0 Å². The van der Waals surface area contributed by atoms with E-state index in [0.29, 0.717) is 19.8 Å². The molecule has 1 atom stereocenters. The molecule has 0 fully saturated rings. The fraction of sp³-hybridized carbons (Fsp3) is 1.00. The second kappa shape index (κ2) is 8.93. The van der Waals surface area contributed by atoms with Crippen LogP contribution in [-0.2, 0) is 19.3 Å². The maximum Gasteiger partial charge on any atom is 0.339 e. The van der Waals surface area contributed by atoms with E-state index >= 15 is 0 Å². The van der Waals surface area contributed by atoms with Gasteiger partial charge in [-0.2, -0.15) is 5.11 Å². The van der Waals surface area contributed by atoms with Gasteiger partial charge in [0.05, 0.1) is 13.2 Å². The highest BCUT2D eigenvalue weighted by Gasteiger charge is 2.39. The Balaban J connectivity index is 4.24. The average molecular weight is 233 g/mol. The van der Waals surface area contributed by atoms with Gasteiger partial charge in [-0.3, -0.25) is 0 Å². The third kappa shape index (κ3) is 5.80. The Bertz CT molecular complexity index is 153. The highest BCUT2D eigenvalue weighted by molar-refractivity contribution is 4.64. The SMILES string of the molecule is CCCOC(C)C([O])(OCCC)OCCC. The van der Waals surface area contributed by atoms with Crippen molar-refractivity contribution < 1.29 is 19.3 Å². The molecule has 16 heavy (non-hydrogen) atoms. The van der Waals surface area contributed by atoms with Gasteiger partial charge in [-0.1, -0.05) is 20.8 Å². The molecule has 0 aliphatic rings. The molecule has 0 bridgehead atoms. The summed E-state index contributed by atoms with van der Waals surface area (Å²) in [6, 6.07) is 0. The molecule has 0 aliphatic heterocycles. The van der Waals surface area contributed by atoms with Crippen molar-refractivity contribution in [3.63, 3.8) is 0 Å². The summed E-state index contributed by atoms with van der Waals surface area (Å²) >= 11 is 0. The summed E-state index contributed by atoms with van der Waals surface area (Å²) in [5.74, 6) is -1.86. The van der Waals surface area contributed by atoms with Crippen LogP contribution in [0.1, 0.15) is 47.0 Å². The van der Waals surface area contributed by atoms with E-state index < -0.39 is 12.1 Å². The predicted molar refractivity (Wildman–Crippen MR) is 61.6 cm³/mol. The molecule has 0 aromatic rings. The first-order valence-corrected chi connectivity index (χ1v) is 6.20. The van der Waals surface area contributed by atoms with Crippen LogP contribution in [0.5, 0.6) is 0 Å². The molecular formula is C12H25O4. The molecule has 0 aliphatic carbocycles. The first kappa shape index (κ1) is 15.8. The predicted octanol–water partition coefficient (Wildman–Crippen LogP) is 2.74. The van der Waals surface area contributed by atoms with Crippen LogP contribution in [0.3, 0.4) is 0 Å². The summed E-state index contributed by atoms with van der Waals surface area (Å²) in [4.78, 5) is 0. The Morgan fingerprint density at radius 2 is 1.38 bits per heavy atom. The number of ether oxygens (including phenoxy) is 3. The van der Waals surface area contributed by atoms with Gasteiger partial charge in [0.1, 0.15) is 6.10 Å². The smallest absolute Gasteiger partial charge is 0.339 e. The van der Waals surface area contributed by atoms with Crippen LogP contribution in [0, 0.1) is 0 Å². The summed E-state index contributed by atoms with van der Waals surface area (Å²) < 4.78 is 15.9. The molecule has 0 spiro atoms. The van der Waals surface area contributed by atoms with Crippen LogP contribution in [-0.4, -0.2) is 31.9 Å². The van der Waals surface area contributed by atoms with Crippen molar-refractivity contribution in [3.05, 3.63) is 0 Å². The van der Waals surface area contributed by atoms with Crippen LogP contribution in [0.15, 0.2) is 0 Å². The zero-order valence-electron chi connectivity index (χ0n) is 11.0. The second-order valence-corrected chi connectivity index (χ2v) is 3.81. The fourth-order valence-electron chi connectivity index (χ4n) is 1.16. The molecule has 1 radical (unpaired) electrons. The minimum atomic E-state index is -1.86. The highest BCUT2D eigenvalue weighted by Crippen LogP contribution is 2.19. The summed E-state index contributed by atoms with van der Waals surface area (Å²) in [6.07, 6.45) is 1.87. The van der Waals surface area contributed by atoms with Gasteiger partial charge in [0, 0.05) is 6.61 Å². The monoisotopic (exact) mass is 233 g/mol. The van der Waals surface area contributed by atoms with Gasteiger partial charge in [-0.25, -0.2) is 0 Å². The lowest BCUT2D eigenvalue weighted by Crippen LogP contribution is -2.46. The van der Waals surface area contributed by atoms with E-state index in [1.165, 1.54) is 0 Å². The van der Waals surface area contributed by atoms with Gasteiger partial charge in [-0.05, 0) is 26.2 Å². The Kier molecular flexibility index (Phi) is 8.84. The molecule has 0 rings (SSSR count). The Hall–Kier alpha value is -0.160. The summed E-state index contributed by atoms with van der Waals surface area (Å²) in [6.45, 7) is 8.96. The van der Waals surface area contributed by atoms with Crippen LogP contribution < -0.4 is 0 Å². The lowest BCUT2D eigenvalue weighted by atomic mass is 10.3. The molecule has 0 saturated carbocycles. The standard InChI is InChI=1S/C12H25O4/c1-5-8-14-11(4)12(13,15-9-6-2)16-10-7-3/h11H,5-10H2,1-4H3. The topological polar surface area (TPSA) is 47.6 Å². The van der Waals surface area contributed by atoms with Gasteiger partial charge in [0.2, 0.25) is 0 Å². The Labute approximate surface area is 98.9 Å². The molecular weight excluding hydrogens is 208 g/mol. The average Bonchev–Trinajstić information content (AvgIpc) is 2.30. The van der Waals surface area contributed by atoms with E-state index in [2.05, 4.69) is 0 Å². The molecule has 0 amide bonds. The number of hydrogen-bond donors (Lipinski definition) is 0. The fourth-order valence-corrected chi connectivity index (χ4v) is 1.16. The second-order valence-electron chi connectivity index (χ2n) is 3.81. The maximum absolute atomic E-state index is 12.3. The van der Waals surface area contributed by atoms with Crippen molar-refractivity contribution in [2.24, 2.45) is 0 Å². The van der Waals surface area contributed by atoms with Crippen LogP contribution in [0.4, 0.5) is 0 Å². The van der Waals surface area contributed by atoms with Crippen LogP contribution in [0.25, 0.3) is 0 Å². The maximum atomic E-state index is 12.3. The summed E-state index contributed by atoms with van der Waals surface area (Å²) in [5.41, 5.74) is 0. The van der Waals surface area contributed by atoms with Crippen molar-refractivity contribution in [2.45, 2.75) is 59.0 Å². The normalized spacial score (nSPS) is 14.1. The molecule has 97 valence electrons. The third-order valence-corrected chi connectivity index (χ3v) is 2.08. The van der Waals surface area contributed by atoms with Crippen molar-refractivity contribution in [2.75, 3.05) is 19.8 Å². The minimum Gasteiger partial charge on any atom is -0.370 e. The van der Waals surface area contributed by atoms with E-state index in [0.717, 1.165) is 19.3 Å². The summed E-state index contributed by atoms with van der Waals surface area (Å²) in [5, 5.41) is 12.3. The third-order valence-electron chi connectivity index (χ3n) is 2.08. The van der Waals surface area contributed by atoms with E-state index in [1.807, 2.05) is 20.8 Å². The lowest BCUT2D eigenvalue weighted by molar-refractivity contribution is -0.422. The van der Waals surface area contributed by atoms with Crippen molar-refractivity contribution in [1.29, 1.82) is 0 Å². The van der Waals surface area contributed by atoms with E-state index in [9.17, 15) is 5.11 Å². The molecule has 0 heterocycles. The minimum absolute atomic E-state index is 0.396. The Morgan fingerprint density at radius 3 is 1.75 bits per heavy atom. The van der Waals surface area contributed by atoms with Gasteiger partial charge >= 0.3 is 5.97 Å².